The summed E-state index contributed by atoms with van der Waals surface area (Å²) in [5.41, 5.74) is 2.29. The van der Waals surface area contributed by atoms with Gasteiger partial charge < -0.3 is 5.32 Å². The molecule has 0 aliphatic heterocycles. The van der Waals surface area contributed by atoms with Gasteiger partial charge in [-0.25, -0.2) is 9.97 Å². The summed E-state index contributed by atoms with van der Waals surface area (Å²) in [6, 6.07) is 18.4. The number of aromatic nitrogens is 2. The van der Waals surface area contributed by atoms with E-state index in [1.54, 1.807) is 0 Å². The second kappa shape index (κ2) is 6.87. The topological polar surface area (TPSA) is 37.8 Å². The van der Waals surface area contributed by atoms with Gasteiger partial charge in [0.05, 0.1) is 5.52 Å². The first-order valence-electron chi connectivity index (χ1n) is 6.41. The molecule has 3 aromatic rings. The smallest absolute Gasteiger partial charge is 0.223 e. The molecule has 20 heavy (non-hydrogen) atoms. The second-order valence-corrected chi connectivity index (χ2v) is 4.41. The number of hydrogen-bond acceptors (Lipinski definition) is 3. The lowest BCUT2D eigenvalue weighted by atomic mass is 10.1. The SMILES string of the molecule is Cl.c1ccc(CCNc2ncc3ccccc3n2)cc1. The van der Waals surface area contributed by atoms with E-state index in [4.69, 9.17) is 0 Å². The lowest BCUT2D eigenvalue weighted by molar-refractivity contribution is 0.990. The van der Waals surface area contributed by atoms with Crippen molar-refractivity contribution in [3.8, 4) is 0 Å². The lowest BCUT2D eigenvalue weighted by Crippen LogP contribution is -2.07. The van der Waals surface area contributed by atoms with E-state index in [-0.39, 0.29) is 12.4 Å². The number of benzene rings is 2. The van der Waals surface area contributed by atoms with Crippen molar-refractivity contribution >= 4 is 29.3 Å². The van der Waals surface area contributed by atoms with E-state index in [1.165, 1.54) is 5.56 Å². The molecule has 0 amide bonds. The molecule has 2 aromatic carbocycles. The summed E-state index contributed by atoms with van der Waals surface area (Å²) in [5.74, 6) is 0.689. The molecule has 0 aliphatic rings. The van der Waals surface area contributed by atoms with Gasteiger partial charge in [-0.3, -0.25) is 0 Å². The highest BCUT2D eigenvalue weighted by molar-refractivity contribution is 5.85. The summed E-state index contributed by atoms with van der Waals surface area (Å²) >= 11 is 0. The third-order valence-electron chi connectivity index (χ3n) is 3.03. The van der Waals surface area contributed by atoms with Gasteiger partial charge in [-0.05, 0) is 18.1 Å². The maximum absolute atomic E-state index is 4.48. The average molecular weight is 286 g/mol. The van der Waals surface area contributed by atoms with Crippen LogP contribution in [0.5, 0.6) is 0 Å². The van der Waals surface area contributed by atoms with Gasteiger partial charge in [0.1, 0.15) is 0 Å². The summed E-state index contributed by atoms with van der Waals surface area (Å²) < 4.78 is 0. The van der Waals surface area contributed by atoms with Crippen molar-refractivity contribution in [2.75, 3.05) is 11.9 Å². The molecule has 0 atom stereocenters. The third-order valence-corrected chi connectivity index (χ3v) is 3.03. The zero-order valence-electron chi connectivity index (χ0n) is 11.0. The van der Waals surface area contributed by atoms with Crippen molar-refractivity contribution < 1.29 is 0 Å². The van der Waals surface area contributed by atoms with Gasteiger partial charge in [0.25, 0.3) is 0 Å². The monoisotopic (exact) mass is 285 g/mol. The highest BCUT2D eigenvalue weighted by Crippen LogP contribution is 2.11. The maximum Gasteiger partial charge on any atom is 0.223 e. The highest BCUT2D eigenvalue weighted by atomic mass is 35.5. The minimum absolute atomic E-state index is 0. The molecule has 0 unspecified atom stereocenters. The molecule has 0 fully saturated rings. The van der Waals surface area contributed by atoms with E-state index in [9.17, 15) is 0 Å². The molecule has 102 valence electrons. The fourth-order valence-electron chi connectivity index (χ4n) is 2.02. The Morgan fingerprint density at radius 1 is 0.900 bits per heavy atom. The maximum atomic E-state index is 4.48. The van der Waals surface area contributed by atoms with Gasteiger partial charge in [-0.2, -0.15) is 0 Å². The molecule has 0 radical (unpaired) electrons. The Morgan fingerprint density at radius 3 is 2.50 bits per heavy atom. The molecule has 0 saturated carbocycles. The van der Waals surface area contributed by atoms with Crippen molar-refractivity contribution in [1.29, 1.82) is 0 Å². The molecule has 1 N–H and O–H groups in total. The molecule has 0 bridgehead atoms. The van der Waals surface area contributed by atoms with E-state index < -0.39 is 0 Å². The first kappa shape index (κ1) is 14.3. The van der Waals surface area contributed by atoms with E-state index in [0.717, 1.165) is 23.9 Å². The Labute approximate surface area is 124 Å². The van der Waals surface area contributed by atoms with Gasteiger partial charge in [-0.15, -0.1) is 12.4 Å². The number of nitrogens with one attached hydrogen (secondary N) is 1. The molecule has 0 spiro atoms. The van der Waals surface area contributed by atoms with Crippen LogP contribution in [0.3, 0.4) is 0 Å². The predicted molar refractivity (Wildman–Crippen MR) is 85.4 cm³/mol. The normalized spacial score (nSPS) is 10.0. The zero-order chi connectivity index (χ0) is 12.9. The van der Waals surface area contributed by atoms with Crippen molar-refractivity contribution in [3.63, 3.8) is 0 Å². The number of para-hydroxylation sites is 1. The van der Waals surface area contributed by atoms with Gasteiger partial charge in [0.2, 0.25) is 5.95 Å². The zero-order valence-corrected chi connectivity index (χ0v) is 11.8. The van der Waals surface area contributed by atoms with Crippen LogP contribution in [-0.2, 0) is 6.42 Å². The molecule has 1 aromatic heterocycles. The van der Waals surface area contributed by atoms with Crippen LogP contribution in [0.15, 0.2) is 60.8 Å². The quantitative estimate of drug-likeness (QED) is 0.794. The predicted octanol–water partition coefficient (Wildman–Crippen LogP) is 3.71. The number of hydrogen-bond donors (Lipinski definition) is 1. The second-order valence-electron chi connectivity index (χ2n) is 4.41. The third kappa shape index (κ3) is 3.45. The van der Waals surface area contributed by atoms with Crippen LogP contribution in [0.2, 0.25) is 0 Å². The fourth-order valence-corrected chi connectivity index (χ4v) is 2.02. The first-order valence-corrected chi connectivity index (χ1v) is 6.41. The van der Waals surface area contributed by atoms with Crippen LogP contribution >= 0.6 is 12.4 Å². The van der Waals surface area contributed by atoms with Gasteiger partial charge in [0.15, 0.2) is 0 Å². The van der Waals surface area contributed by atoms with Crippen molar-refractivity contribution in [2.45, 2.75) is 6.42 Å². The molecule has 1 heterocycles. The minimum Gasteiger partial charge on any atom is -0.354 e. The molecule has 3 nitrogen and oxygen atoms in total. The van der Waals surface area contributed by atoms with Crippen LogP contribution in [0.1, 0.15) is 5.56 Å². The molecule has 4 heteroatoms. The standard InChI is InChI=1S/C16H15N3.ClH/c1-2-6-13(7-3-1)10-11-17-16-18-12-14-8-4-5-9-15(14)19-16;/h1-9,12H,10-11H2,(H,17,18,19);1H. The summed E-state index contributed by atoms with van der Waals surface area (Å²) in [7, 11) is 0. The number of fused-ring (bicyclic) bond motifs is 1. The van der Waals surface area contributed by atoms with Crippen LogP contribution in [0, 0.1) is 0 Å². The fraction of sp³-hybridized carbons (Fsp3) is 0.125. The van der Waals surface area contributed by atoms with Crippen LogP contribution in [0.4, 0.5) is 5.95 Å². The minimum atomic E-state index is 0. The number of halogens is 1. The van der Waals surface area contributed by atoms with E-state index in [0.29, 0.717) is 5.95 Å². The van der Waals surface area contributed by atoms with Crippen LogP contribution in [0.25, 0.3) is 10.9 Å². The molecule has 0 saturated heterocycles. The summed E-state index contributed by atoms with van der Waals surface area (Å²) in [4.78, 5) is 8.80. The Balaban J connectivity index is 0.00000147. The van der Waals surface area contributed by atoms with E-state index in [1.807, 2.05) is 36.5 Å². The Hall–Kier alpha value is -2.13. The molecular weight excluding hydrogens is 270 g/mol. The summed E-state index contributed by atoms with van der Waals surface area (Å²) in [6.45, 7) is 0.836. The van der Waals surface area contributed by atoms with Gasteiger partial charge in [0, 0.05) is 18.1 Å². The van der Waals surface area contributed by atoms with Crippen LogP contribution in [-0.4, -0.2) is 16.5 Å². The van der Waals surface area contributed by atoms with Crippen molar-refractivity contribution in [1.82, 2.24) is 9.97 Å². The molecule has 3 rings (SSSR count). The molecule has 0 aliphatic carbocycles. The van der Waals surface area contributed by atoms with Crippen LogP contribution < -0.4 is 5.32 Å². The number of rotatable bonds is 4. The summed E-state index contributed by atoms with van der Waals surface area (Å²) in [6.07, 6.45) is 2.82. The largest absolute Gasteiger partial charge is 0.354 e. The Morgan fingerprint density at radius 2 is 1.65 bits per heavy atom. The Kier molecular flexibility index (Phi) is 4.91. The first-order chi connectivity index (χ1) is 9.42. The number of anilines is 1. The van der Waals surface area contributed by atoms with Gasteiger partial charge in [-0.1, -0.05) is 48.5 Å². The summed E-state index contributed by atoms with van der Waals surface area (Å²) in [5, 5.41) is 4.33. The number of nitrogens with zero attached hydrogens (tertiary/aromatic N) is 2. The van der Waals surface area contributed by atoms with E-state index >= 15 is 0 Å². The molecular formula is C16H16ClN3. The van der Waals surface area contributed by atoms with E-state index in [2.05, 4.69) is 39.6 Å². The van der Waals surface area contributed by atoms with Crippen molar-refractivity contribution in [3.05, 3.63) is 66.4 Å². The Bertz CT molecular complexity index is 671. The average Bonchev–Trinajstić information content (AvgIpc) is 2.48. The highest BCUT2D eigenvalue weighted by Gasteiger charge is 1.98. The van der Waals surface area contributed by atoms with Crippen molar-refractivity contribution in [2.24, 2.45) is 0 Å². The lowest BCUT2D eigenvalue weighted by Gasteiger charge is -2.05. The van der Waals surface area contributed by atoms with Gasteiger partial charge >= 0.3 is 0 Å².